The first-order chi connectivity index (χ1) is 7.79. The maximum atomic E-state index is 4.32. The zero-order valence-corrected chi connectivity index (χ0v) is 10.3. The fourth-order valence-corrected chi connectivity index (χ4v) is 2.26. The fourth-order valence-electron chi connectivity index (χ4n) is 1.60. The summed E-state index contributed by atoms with van der Waals surface area (Å²) in [7, 11) is 1.97. The molecule has 2 aromatic heterocycles. The van der Waals surface area contributed by atoms with Crippen molar-refractivity contribution in [2.24, 2.45) is 0 Å². The van der Waals surface area contributed by atoms with Crippen molar-refractivity contribution in [3.8, 4) is 0 Å². The number of hydrogen-bond acceptors (Lipinski definition) is 4. The lowest BCUT2D eigenvalue weighted by Crippen LogP contribution is -2.19. The molecule has 2 heterocycles. The molecule has 0 radical (unpaired) electrons. The summed E-state index contributed by atoms with van der Waals surface area (Å²) in [4.78, 5) is 8.63. The third-order valence-electron chi connectivity index (χ3n) is 2.55. The van der Waals surface area contributed by atoms with Crippen LogP contribution in [0.3, 0.4) is 0 Å². The van der Waals surface area contributed by atoms with E-state index >= 15 is 0 Å². The summed E-state index contributed by atoms with van der Waals surface area (Å²) < 4.78 is 0. The van der Waals surface area contributed by atoms with E-state index in [-0.39, 0.29) is 0 Å². The molecule has 2 aromatic rings. The van der Waals surface area contributed by atoms with Crippen molar-refractivity contribution in [2.75, 3.05) is 7.05 Å². The summed E-state index contributed by atoms with van der Waals surface area (Å²) in [5.41, 5.74) is 2.26. The van der Waals surface area contributed by atoms with Crippen LogP contribution in [0.15, 0.2) is 29.9 Å². The third kappa shape index (κ3) is 2.65. The Hall–Kier alpha value is -1.26. The van der Waals surface area contributed by atoms with Gasteiger partial charge in [-0.1, -0.05) is 6.07 Å². The molecule has 1 unspecified atom stereocenters. The Balaban J connectivity index is 2.13. The van der Waals surface area contributed by atoms with Crippen molar-refractivity contribution in [3.05, 3.63) is 46.2 Å². The Morgan fingerprint density at radius 2 is 2.25 bits per heavy atom. The minimum atomic E-state index is 0.291. The van der Waals surface area contributed by atoms with Gasteiger partial charge in [-0.25, -0.2) is 4.98 Å². The minimum absolute atomic E-state index is 0.291. The molecule has 1 N–H and O–H groups in total. The fraction of sp³-hybridized carbons (Fsp3) is 0.333. The van der Waals surface area contributed by atoms with Gasteiger partial charge >= 0.3 is 0 Å². The summed E-state index contributed by atoms with van der Waals surface area (Å²) in [6, 6.07) is 4.46. The van der Waals surface area contributed by atoms with Gasteiger partial charge in [0, 0.05) is 35.9 Å². The second kappa shape index (κ2) is 5.18. The molecule has 0 spiro atoms. The van der Waals surface area contributed by atoms with Gasteiger partial charge in [-0.2, -0.15) is 0 Å². The van der Waals surface area contributed by atoms with Gasteiger partial charge in [-0.15, -0.1) is 11.3 Å². The van der Waals surface area contributed by atoms with Crippen LogP contribution in [-0.4, -0.2) is 17.0 Å². The summed E-state index contributed by atoms with van der Waals surface area (Å²) in [6.07, 6.45) is 4.70. The molecule has 0 aromatic carbocycles. The third-order valence-corrected chi connectivity index (χ3v) is 3.35. The summed E-state index contributed by atoms with van der Waals surface area (Å²) in [5.74, 6) is 0. The van der Waals surface area contributed by atoms with Crippen LogP contribution < -0.4 is 5.32 Å². The van der Waals surface area contributed by atoms with Crippen molar-refractivity contribution in [3.63, 3.8) is 0 Å². The van der Waals surface area contributed by atoms with Crippen molar-refractivity contribution < 1.29 is 0 Å². The normalized spacial score (nSPS) is 12.6. The van der Waals surface area contributed by atoms with E-state index in [1.165, 1.54) is 5.56 Å². The highest BCUT2D eigenvalue weighted by Crippen LogP contribution is 2.18. The molecule has 1 atom stereocenters. The average Bonchev–Trinajstić information content (AvgIpc) is 2.80. The van der Waals surface area contributed by atoms with Gasteiger partial charge in [0.05, 0.1) is 5.01 Å². The second-order valence-corrected chi connectivity index (χ2v) is 4.68. The summed E-state index contributed by atoms with van der Waals surface area (Å²) in [5, 5.41) is 6.46. The van der Waals surface area contributed by atoms with Crippen LogP contribution in [-0.2, 0) is 6.42 Å². The molecule has 0 aliphatic heterocycles. The number of nitrogens with zero attached hydrogens (tertiary/aromatic N) is 2. The van der Waals surface area contributed by atoms with E-state index in [9.17, 15) is 0 Å². The van der Waals surface area contributed by atoms with Gasteiger partial charge in [0.2, 0.25) is 0 Å². The lowest BCUT2D eigenvalue weighted by molar-refractivity contribution is 0.588. The number of thiazole rings is 1. The number of likely N-dealkylation sites (N-methyl/N-ethyl adjacent to an activating group) is 1. The van der Waals surface area contributed by atoms with Gasteiger partial charge < -0.3 is 5.32 Å². The molecule has 84 valence electrons. The monoisotopic (exact) mass is 233 g/mol. The topological polar surface area (TPSA) is 37.8 Å². The number of rotatable bonds is 4. The maximum absolute atomic E-state index is 4.32. The van der Waals surface area contributed by atoms with Crippen LogP contribution in [0.1, 0.15) is 22.3 Å². The smallest absolute Gasteiger partial charge is 0.0943 e. The molecular formula is C12H15N3S. The highest BCUT2D eigenvalue weighted by molar-refractivity contribution is 7.09. The van der Waals surface area contributed by atoms with E-state index in [0.717, 1.165) is 17.1 Å². The van der Waals surface area contributed by atoms with Crippen molar-refractivity contribution in [1.29, 1.82) is 0 Å². The van der Waals surface area contributed by atoms with E-state index in [1.807, 2.05) is 37.8 Å². The lowest BCUT2D eigenvalue weighted by atomic mass is 10.1. The standard InChI is InChI=1S/C12H15N3S/c1-9-3-4-10(8-15-9)11(13-2)7-12-14-5-6-16-12/h3-6,8,11,13H,7H2,1-2H3. The van der Waals surface area contributed by atoms with Crippen LogP contribution in [0.4, 0.5) is 0 Å². The van der Waals surface area contributed by atoms with Crippen LogP contribution in [0, 0.1) is 6.92 Å². The highest BCUT2D eigenvalue weighted by atomic mass is 32.1. The number of hydrogen-bond donors (Lipinski definition) is 1. The number of aromatic nitrogens is 2. The van der Waals surface area contributed by atoms with Gasteiger partial charge in [-0.3, -0.25) is 4.98 Å². The molecule has 0 saturated heterocycles. The zero-order chi connectivity index (χ0) is 11.4. The summed E-state index contributed by atoms with van der Waals surface area (Å²) >= 11 is 1.69. The summed E-state index contributed by atoms with van der Waals surface area (Å²) in [6.45, 7) is 2.00. The van der Waals surface area contributed by atoms with Gasteiger partial charge in [-0.05, 0) is 25.6 Å². The molecule has 2 rings (SSSR count). The van der Waals surface area contributed by atoms with Crippen molar-refractivity contribution in [1.82, 2.24) is 15.3 Å². The molecule has 0 bridgehead atoms. The molecule has 0 amide bonds. The highest BCUT2D eigenvalue weighted by Gasteiger charge is 2.11. The van der Waals surface area contributed by atoms with Gasteiger partial charge in [0.15, 0.2) is 0 Å². The first-order valence-corrected chi connectivity index (χ1v) is 6.15. The van der Waals surface area contributed by atoms with Crippen molar-refractivity contribution in [2.45, 2.75) is 19.4 Å². The largest absolute Gasteiger partial charge is 0.313 e. The number of aryl methyl sites for hydroxylation is 1. The Labute approximate surface area is 99.6 Å². The predicted molar refractivity (Wildman–Crippen MR) is 66.6 cm³/mol. The van der Waals surface area contributed by atoms with E-state index in [2.05, 4.69) is 21.4 Å². The quantitative estimate of drug-likeness (QED) is 0.881. The first-order valence-electron chi connectivity index (χ1n) is 5.28. The maximum Gasteiger partial charge on any atom is 0.0943 e. The molecule has 0 fully saturated rings. The zero-order valence-electron chi connectivity index (χ0n) is 9.47. The van der Waals surface area contributed by atoms with Crippen LogP contribution in [0.2, 0.25) is 0 Å². The molecule has 3 nitrogen and oxygen atoms in total. The molecular weight excluding hydrogens is 218 g/mol. The van der Waals surface area contributed by atoms with E-state index < -0.39 is 0 Å². The second-order valence-electron chi connectivity index (χ2n) is 3.70. The Morgan fingerprint density at radius 1 is 1.38 bits per heavy atom. The number of pyridine rings is 1. The average molecular weight is 233 g/mol. The SMILES string of the molecule is CNC(Cc1nccs1)c1ccc(C)nc1. The van der Waals surface area contributed by atoms with E-state index in [4.69, 9.17) is 0 Å². The van der Waals surface area contributed by atoms with Crippen molar-refractivity contribution >= 4 is 11.3 Å². The molecule has 0 aliphatic carbocycles. The Kier molecular flexibility index (Phi) is 3.64. The predicted octanol–water partition coefficient (Wildman–Crippen LogP) is 2.35. The van der Waals surface area contributed by atoms with Crippen LogP contribution >= 0.6 is 11.3 Å². The molecule has 0 saturated carbocycles. The van der Waals surface area contributed by atoms with Gasteiger partial charge in [0.25, 0.3) is 0 Å². The van der Waals surface area contributed by atoms with Crippen LogP contribution in [0.25, 0.3) is 0 Å². The number of nitrogens with one attached hydrogen (secondary N) is 1. The van der Waals surface area contributed by atoms with Crippen LogP contribution in [0.5, 0.6) is 0 Å². The lowest BCUT2D eigenvalue weighted by Gasteiger charge is -2.14. The van der Waals surface area contributed by atoms with E-state index in [0.29, 0.717) is 6.04 Å². The Morgan fingerprint density at radius 3 is 2.81 bits per heavy atom. The van der Waals surface area contributed by atoms with E-state index in [1.54, 1.807) is 11.3 Å². The van der Waals surface area contributed by atoms with Gasteiger partial charge in [0.1, 0.15) is 0 Å². The molecule has 4 heteroatoms. The molecule has 0 aliphatic rings. The first kappa shape index (κ1) is 11.2. The molecule has 16 heavy (non-hydrogen) atoms. The minimum Gasteiger partial charge on any atom is -0.313 e. The Bertz CT molecular complexity index is 422.